The highest BCUT2D eigenvalue weighted by atomic mass is 35.5. The van der Waals surface area contributed by atoms with Gasteiger partial charge in [-0.15, -0.1) is 24.8 Å². The van der Waals surface area contributed by atoms with Gasteiger partial charge in [-0.2, -0.15) is 0 Å². The van der Waals surface area contributed by atoms with E-state index in [1.165, 1.54) is 50.0 Å². The number of benzene rings is 2. The van der Waals surface area contributed by atoms with E-state index in [1.807, 2.05) is 0 Å². The number of nitrogens with one attached hydrogen (secondary N) is 1. The summed E-state index contributed by atoms with van der Waals surface area (Å²) in [7, 11) is 2.08. The lowest BCUT2D eigenvalue weighted by Crippen LogP contribution is -2.41. The lowest BCUT2D eigenvalue weighted by molar-refractivity contribution is 0.197. The molecule has 0 bridgehead atoms. The summed E-state index contributed by atoms with van der Waals surface area (Å²) in [6, 6.07) is 22.6. The summed E-state index contributed by atoms with van der Waals surface area (Å²) in [6.45, 7) is 3.63. The molecule has 2 aromatic carbocycles. The van der Waals surface area contributed by atoms with Gasteiger partial charge in [0.15, 0.2) is 0 Å². The zero-order valence-corrected chi connectivity index (χ0v) is 16.6. The third-order valence-electron chi connectivity index (χ3n) is 5.13. The van der Waals surface area contributed by atoms with E-state index in [9.17, 15) is 0 Å². The Balaban J connectivity index is 0.00000156. The highest BCUT2D eigenvalue weighted by Crippen LogP contribution is 2.28. The van der Waals surface area contributed by atoms with Crippen molar-refractivity contribution in [2.24, 2.45) is 0 Å². The minimum absolute atomic E-state index is 0. The molecule has 0 amide bonds. The summed E-state index contributed by atoms with van der Waals surface area (Å²) < 4.78 is 0. The van der Waals surface area contributed by atoms with Gasteiger partial charge in [0.05, 0.1) is 0 Å². The molecule has 1 fully saturated rings. The van der Waals surface area contributed by atoms with Crippen molar-refractivity contribution in [3.8, 4) is 0 Å². The predicted molar refractivity (Wildman–Crippen MR) is 112 cm³/mol. The molecule has 25 heavy (non-hydrogen) atoms. The Hall–Kier alpha value is -1.06. The molecule has 0 spiro atoms. The smallest absolute Gasteiger partial charge is 0.0101 e. The van der Waals surface area contributed by atoms with Crippen molar-refractivity contribution in [3.63, 3.8) is 0 Å². The second kappa shape index (κ2) is 11.5. The lowest BCUT2D eigenvalue weighted by atomic mass is 9.88. The Kier molecular flexibility index (Phi) is 10.1. The molecule has 0 atom stereocenters. The summed E-state index contributed by atoms with van der Waals surface area (Å²) in [5.41, 5.74) is 2.87. The SMILES string of the molecule is CNC1CCN(CCC(c2ccccc2)c2ccccc2)CC1.Cl.Cl. The number of hydrogen-bond donors (Lipinski definition) is 1. The molecule has 3 rings (SSSR count). The van der Waals surface area contributed by atoms with Crippen LogP contribution < -0.4 is 5.32 Å². The molecule has 1 N–H and O–H groups in total. The van der Waals surface area contributed by atoms with Crippen molar-refractivity contribution in [3.05, 3.63) is 71.8 Å². The van der Waals surface area contributed by atoms with E-state index in [4.69, 9.17) is 0 Å². The van der Waals surface area contributed by atoms with Crippen LogP contribution in [0.25, 0.3) is 0 Å². The van der Waals surface area contributed by atoms with Gasteiger partial charge in [-0.3, -0.25) is 0 Å². The predicted octanol–water partition coefficient (Wildman–Crippen LogP) is 4.74. The van der Waals surface area contributed by atoms with Crippen molar-refractivity contribution in [2.75, 3.05) is 26.7 Å². The van der Waals surface area contributed by atoms with Gasteiger partial charge in [0.2, 0.25) is 0 Å². The van der Waals surface area contributed by atoms with Crippen molar-refractivity contribution < 1.29 is 0 Å². The van der Waals surface area contributed by atoms with Gasteiger partial charge in [0.25, 0.3) is 0 Å². The van der Waals surface area contributed by atoms with E-state index in [0.717, 1.165) is 0 Å². The summed E-state index contributed by atoms with van der Waals surface area (Å²) in [5, 5.41) is 3.41. The van der Waals surface area contributed by atoms with Crippen LogP contribution >= 0.6 is 24.8 Å². The van der Waals surface area contributed by atoms with Gasteiger partial charge in [0.1, 0.15) is 0 Å². The fraction of sp³-hybridized carbons (Fsp3) is 0.429. The van der Waals surface area contributed by atoms with Gasteiger partial charge in [-0.05, 0) is 57.1 Å². The van der Waals surface area contributed by atoms with Crippen molar-refractivity contribution >= 4 is 24.8 Å². The minimum atomic E-state index is 0. The minimum Gasteiger partial charge on any atom is -0.317 e. The summed E-state index contributed by atoms with van der Waals surface area (Å²) in [4.78, 5) is 2.63. The molecule has 1 heterocycles. The molecular formula is C21H30Cl2N2. The molecule has 2 aromatic rings. The average molecular weight is 381 g/mol. The van der Waals surface area contributed by atoms with E-state index in [2.05, 4.69) is 77.9 Å². The Bertz CT molecular complexity index is 529. The van der Waals surface area contributed by atoms with Crippen LogP contribution in [0.4, 0.5) is 0 Å². The number of halogens is 2. The number of rotatable bonds is 6. The summed E-state index contributed by atoms with van der Waals surface area (Å²) >= 11 is 0. The van der Waals surface area contributed by atoms with E-state index in [0.29, 0.717) is 12.0 Å². The zero-order chi connectivity index (χ0) is 15.9. The molecule has 4 heteroatoms. The number of piperidine rings is 1. The van der Waals surface area contributed by atoms with Gasteiger partial charge in [-0.1, -0.05) is 60.7 Å². The molecule has 1 aliphatic rings. The Morgan fingerprint density at radius 1 is 0.880 bits per heavy atom. The standard InChI is InChI=1S/C21H28N2.2ClH/c1-22-20-12-15-23(16-13-20)17-14-21(18-8-4-2-5-9-18)19-10-6-3-7-11-19;;/h2-11,20-22H,12-17H2,1H3;2*1H. The molecule has 0 aliphatic carbocycles. The monoisotopic (exact) mass is 380 g/mol. The molecule has 138 valence electrons. The molecule has 0 radical (unpaired) electrons. The molecular weight excluding hydrogens is 351 g/mol. The van der Waals surface area contributed by atoms with Crippen molar-refractivity contribution in [2.45, 2.75) is 31.2 Å². The van der Waals surface area contributed by atoms with Crippen molar-refractivity contribution in [1.82, 2.24) is 10.2 Å². The molecule has 1 aliphatic heterocycles. The zero-order valence-electron chi connectivity index (χ0n) is 14.9. The van der Waals surface area contributed by atoms with Gasteiger partial charge in [0, 0.05) is 12.0 Å². The van der Waals surface area contributed by atoms with Crippen LogP contribution in [0, 0.1) is 0 Å². The topological polar surface area (TPSA) is 15.3 Å². The maximum Gasteiger partial charge on any atom is 0.0101 e. The first-order valence-electron chi connectivity index (χ1n) is 8.86. The average Bonchev–Trinajstić information content (AvgIpc) is 2.64. The van der Waals surface area contributed by atoms with Gasteiger partial charge >= 0.3 is 0 Å². The van der Waals surface area contributed by atoms with Crippen molar-refractivity contribution in [1.29, 1.82) is 0 Å². The Labute approximate surface area is 164 Å². The van der Waals surface area contributed by atoms with Crippen LogP contribution in [0.1, 0.15) is 36.3 Å². The Morgan fingerprint density at radius 2 is 1.36 bits per heavy atom. The molecule has 1 saturated heterocycles. The number of likely N-dealkylation sites (tertiary alicyclic amines) is 1. The lowest BCUT2D eigenvalue weighted by Gasteiger charge is -2.32. The first-order valence-corrected chi connectivity index (χ1v) is 8.86. The fourth-order valence-corrected chi connectivity index (χ4v) is 3.65. The summed E-state index contributed by atoms with van der Waals surface area (Å²) in [5.74, 6) is 0.499. The van der Waals surface area contributed by atoms with Crippen LogP contribution in [-0.4, -0.2) is 37.6 Å². The van der Waals surface area contributed by atoms with Crippen LogP contribution in [0.3, 0.4) is 0 Å². The number of nitrogens with zero attached hydrogens (tertiary/aromatic N) is 1. The third kappa shape index (κ3) is 6.31. The van der Waals surface area contributed by atoms with E-state index < -0.39 is 0 Å². The van der Waals surface area contributed by atoms with Gasteiger partial charge in [-0.25, -0.2) is 0 Å². The maximum absolute atomic E-state index is 3.41. The fourth-order valence-electron chi connectivity index (χ4n) is 3.65. The van der Waals surface area contributed by atoms with Gasteiger partial charge < -0.3 is 10.2 Å². The first-order chi connectivity index (χ1) is 11.4. The Morgan fingerprint density at radius 3 is 1.80 bits per heavy atom. The van der Waals surface area contributed by atoms with Crippen LogP contribution in [0.15, 0.2) is 60.7 Å². The normalized spacial score (nSPS) is 15.4. The highest BCUT2D eigenvalue weighted by molar-refractivity contribution is 5.85. The van der Waals surface area contributed by atoms with E-state index in [-0.39, 0.29) is 24.8 Å². The van der Waals surface area contributed by atoms with Crippen LogP contribution in [0.2, 0.25) is 0 Å². The van der Waals surface area contributed by atoms with E-state index in [1.54, 1.807) is 0 Å². The molecule has 0 unspecified atom stereocenters. The second-order valence-electron chi connectivity index (χ2n) is 6.57. The molecule has 0 saturated carbocycles. The molecule has 2 nitrogen and oxygen atoms in total. The summed E-state index contributed by atoms with van der Waals surface area (Å²) in [6.07, 6.45) is 3.74. The second-order valence-corrected chi connectivity index (χ2v) is 6.57. The number of hydrogen-bond acceptors (Lipinski definition) is 2. The maximum atomic E-state index is 3.41. The largest absolute Gasteiger partial charge is 0.317 e. The quantitative estimate of drug-likeness (QED) is 0.778. The van der Waals surface area contributed by atoms with E-state index >= 15 is 0 Å². The highest BCUT2D eigenvalue weighted by Gasteiger charge is 2.20. The third-order valence-corrected chi connectivity index (χ3v) is 5.13. The first kappa shape index (κ1) is 22.0. The molecule has 0 aromatic heterocycles. The van der Waals surface area contributed by atoms with Crippen LogP contribution in [-0.2, 0) is 0 Å². The van der Waals surface area contributed by atoms with Crippen LogP contribution in [0.5, 0.6) is 0 Å².